The molecule has 0 aromatic carbocycles. The Balaban J connectivity index is 2.54. The van der Waals surface area contributed by atoms with Crippen LogP contribution in [-0.2, 0) is 0 Å². The van der Waals surface area contributed by atoms with Crippen LogP contribution in [0.3, 0.4) is 0 Å². The molecule has 0 radical (unpaired) electrons. The van der Waals surface area contributed by atoms with Crippen molar-refractivity contribution in [3.8, 4) is 0 Å². The van der Waals surface area contributed by atoms with E-state index < -0.39 is 0 Å². The third kappa shape index (κ3) is 1.45. The van der Waals surface area contributed by atoms with E-state index in [0.29, 0.717) is 11.8 Å². The smallest absolute Gasteiger partial charge is 0.0625 e. The van der Waals surface area contributed by atoms with Gasteiger partial charge in [0.2, 0.25) is 0 Å². The SMILES string of the molecule is C[C@@H]1CC(C)(O)C[C@@H]1C. The summed E-state index contributed by atoms with van der Waals surface area (Å²) in [5.74, 6) is 1.42. The highest BCUT2D eigenvalue weighted by Gasteiger charge is 2.35. The Labute approximate surface area is 57.1 Å². The molecule has 1 fully saturated rings. The van der Waals surface area contributed by atoms with Gasteiger partial charge in [0, 0.05) is 0 Å². The minimum absolute atomic E-state index is 0.362. The van der Waals surface area contributed by atoms with Crippen molar-refractivity contribution in [3.05, 3.63) is 0 Å². The van der Waals surface area contributed by atoms with E-state index in [-0.39, 0.29) is 5.60 Å². The summed E-state index contributed by atoms with van der Waals surface area (Å²) in [6.45, 7) is 6.37. The minimum Gasteiger partial charge on any atom is -0.390 e. The Morgan fingerprint density at radius 1 is 1.22 bits per heavy atom. The summed E-state index contributed by atoms with van der Waals surface area (Å²) in [6, 6.07) is 0. The summed E-state index contributed by atoms with van der Waals surface area (Å²) in [5.41, 5.74) is -0.362. The topological polar surface area (TPSA) is 20.2 Å². The molecule has 9 heavy (non-hydrogen) atoms. The maximum atomic E-state index is 9.54. The molecule has 1 aliphatic rings. The normalized spacial score (nSPS) is 52.0. The lowest BCUT2D eigenvalue weighted by atomic mass is 10.0. The Bertz CT molecular complexity index is 95.1. The van der Waals surface area contributed by atoms with Gasteiger partial charge in [0.25, 0.3) is 0 Å². The van der Waals surface area contributed by atoms with E-state index in [1.54, 1.807) is 0 Å². The molecule has 1 nitrogen and oxygen atoms in total. The molecule has 0 aromatic rings. The number of aliphatic hydroxyl groups is 1. The van der Waals surface area contributed by atoms with Crippen LogP contribution in [0.15, 0.2) is 0 Å². The Morgan fingerprint density at radius 2 is 1.56 bits per heavy atom. The molecule has 0 amide bonds. The largest absolute Gasteiger partial charge is 0.390 e. The fourth-order valence-corrected chi connectivity index (χ4v) is 1.87. The predicted molar refractivity (Wildman–Crippen MR) is 38.2 cm³/mol. The minimum atomic E-state index is -0.362. The van der Waals surface area contributed by atoms with E-state index in [2.05, 4.69) is 13.8 Å². The van der Waals surface area contributed by atoms with Crippen LogP contribution in [0, 0.1) is 11.8 Å². The average molecular weight is 128 g/mol. The molecule has 1 saturated carbocycles. The first-order chi connectivity index (χ1) is 4.01. The molecule has 54 valence electrons. The average Bonchev–Trinajstić information content (AvgIpc) is 1.79. The van der Waals surface area contributed by atoms with Gasteiger partial charge in [-0.1, -0.05) is 13.8 Å². The van der Waals surface area contributed by atoms with E-state index in [9.17, 15) is 5.11 Å². The van der Waals surface area contributed by atoms with Gasteiger partial charge >= 0.3 is 0 Å². The first-order valence-electron chi connectivity index (χ1n) is 3.74. The van der Waals surface area contributed by atoms with Crippen molar-refractivity contribution in [2.45, 2.75) is 39.2 Å². The van der Waals surface area contributed by atoms with Crippen LogP contribution < -0.4 is 0 Å². The van der Waals surface area contributed by atoms with Gasteiger partial charge in [-0.05, 0) is 31.6 Å². The standard InChI is InChI=1S/C8H16O/c1-6-4-8(3,9)5-7(6)2/h6-7,9H,4-5H2,1-3H3/t6-,7+,8?. The van der Waals surface area contributed by atoms with Gasteiger partial charge in [-0.2, -0.15) is 0 Å². The molecule has 1 rings (SSSR count). The second-order valence-electron chi connectivity index (χ2n) is 3.86. The third-order valence-electron chi connectivity index (χ3n) is 2.49. The summed E-state index contributed by atoms with van der Waals surface area (Å²) < 4.78 is 0. The van der Waals surface area contributed by atoms with Crippen LogP contribution in [0.25, 0.3) is 0 Å². The second-order valence-corrected chi connectivity index (χ2v) is 3.86. The molecule has 1 aliphatic carbocycles. The summed E-state index contributed by atoms with van der Waals surface area (Å²) in [6.07, 6.45) is 1.96. The van der Waals surface area contributed by atoms with Crippen LogP contribution in [0.5, 0.6) is 0 Å². The van der Waals surface area contributed by atoms with Gasteiger partial charge in [-0.25, -0.2) is 0 Å². The van der Waals surface area contributed by atoms with Crippen LogP contribution in [0.2, 0.25) is 0 Å². The summed E-state index contributed by atoms with van der Waals surface area (Å²) >= 11 is 0. The maximum absolute atomic E-state index is 9.54. The molecule has 1 unspecified atom stereocenters. The Hall–Kier alpha value is -0.0400. The summed E-state index contributed by atoms with van der Waals surface area (Å²) in [7, 11) is 0. The van der Waals surface area contributed by atoms with E-state index in [1.165, 1.54) is 0 Å². The Morgan fingerprint density at radius 3 is 1.67 bits per heavy atom. The fraction of sp³-hybridized carbons (Fsp3) is 1.00. The van der Waals surface area contributed by atoms with Crippen molar-refractivity contribution >= 4 is 0 Å². The van der Waals surface area contributed by atoms with E-state index in [0.717, 1.165) is 12.8 Å². The highest BCUT2D eigenvalue weighted by atomic mass is 16.3. The van der Waals surface area contributed by atoms with Crippen molar-refractivity contribution < 1.29 is 5.11 Å². The first kappa shape index (κ1) is 7.07. The molecule has 0 heterocycles. The molecule has 0 bridgehead atoms. The number of rotatable bonds is 0. The van der Waals surface area contributed by atoms with Gasteiger partial charge in [0.05, 0.1) is 5.60 Å². The van der Waals surface area contributed by atoms with Crippen LogP contribution in [0.4, 0.5) is 0 Å². The van der Waals surface area contributed by atoms with Crippen molar-refractivity contribution in [2.75, 3.05) is 0 Å². The molecular formula is C8H16O. The molecule has 3 atom stereocenters. The van der Waals surface area contributed by atoms with Crippen LogP contribution >= 0.6 is 0 Å². The van der Waals surface area contributed by atoms with Crippen molar-refractivity contribution in [3.63, 3.8) is 0 Å². The van der Waals surface area contributed by atoms with E-state index in [1.807, 2.05) is 6.92 Å². The lowest BCUT2D eigenvalue weighted by Crippen LogP contribution is -2.18. The molecule has 1 N–H and O–H groups in total. The number of hydrogen-bond acceptors (Lipinski definition) is 1. The van der Waals surface area contributed by atoms with Crippen LogP contribution in [0.1, 0.15) is 33.6 Å². The van der Waals surface area contributed by atoms with Gasteiger partial charge in [0.15, 0.2) is 0 Å². The maximum Gasteiger partial charge on any atom is 0.0625 e. The van der Waals surface area contributed by atoms with Crippen molar-refractivity contribution in [2.24, 2.45) is 11.8 Å². The zero-order valence-corrected chi connectivity index (χ0v) is 6.52. The fourth-order valence-electron chi connectivity index (χ4n) is 1.87. The lowest BCUT2D eigenvalue weighted by molar-refractivity contribution is 0.0621. The van der Waals surface area contributed by atoms with Gasteiger partial charge in [-0.15, -0.1) is 0 Å². The lowest BCUT2D eigenvalue weighted by Gasteiger charge is -2.14. The van der Waals surface area contributed by atoms with Crippen molar-refractivity contribution in [1.82, 2.24) is 0 Å². The molecule has 0 spiro atoms. The van der Waals surface area contributed by atoms with Crippen molar-refractivity contribution in [1.29, 1.82) is 0 Å². The predicted octanol–water partition coefficient (Wildman–Crippen LogP) is 1.80. The second kappa shape index (κ2) is 1.98. The molecular weight excluding hydrogens is 112 g/mol. The van der Waals surface area contributed by atoms with Gasteiger partial charge < -0.3 is 5.11 Å². The quantitative estimate of drug-likeness (QED) is 0.527. The van der Waals surface area contributed by atoms with E-state index >= 15 is 0 Å². The molecule has 1 heteroatoms. The highest BCUT2D eigenvalue weighted by Crippen LogP contribution is 2.38. The zero-order valence-electron chi connectivity index (χ0n) is 6.52. The number of hydrogen-bond donors (Lipinski definition) is 1. The molecule has 0 saturated heterocycles. The zero-order chi connectivity index (χ0) is 7.07. The first-order valence-corrected chi connectivity index (χ1v) is 3.74. The van der Waals surface area contributed by atoms with Gasteiger partial charge in [-0.3, -0.25) is 0 Å². The van der Waals surface area contributed by atoms with Crippen LogP contribution in [-0.4, -0.2) is 10.7 Å². The molecule has 0 aliphatic heterocycles. The molecule has 0 aromatic heterocycles. The van der Waals surface area contributed by atoms with Gasteiger partial charge in [0.1, 0.15) is 0 Å². The van der Waals surface area contributed by atoms with E-state index in [4.69, 9.17) is 0 Å². The third-order valence-corrected chi connectivity index (χ3v) is 2.49. The highest BCUT2D eigenvalue weighted by molar-refractivity contribution is 4.87. The monoisotopic (exact) mass is 128 g/mol. The Kier molecular flexibility index (Phi) is 1.55. The summed E-state index contributed by atoms with van der Waals surface area (Å²) in [4.78, 5) is 0. The summed E-state index contributed by atoms with van der Waals surface area (Å²) in [5, 5.41) is 9.54.